The van der Waals surface area contributed by atoms with Gasteiger partial charge in [0.05, 0.1) is 0 Å². The first-order valence-electron chi connectivity index (χ1n) is 4.81. The fourth-order valence-corrected chi connectivity index (χ4v) is 1.10. The number of carbonyl (C=O) groups excluding carboxylic acids is 1. The Morgan fingerprint density at radius 2 is 2.13 bits per heavy atom. The van der Waals surface area contributed by atoms with Gasteiger partial charge in [0.15, 0.2) is 0 Å². The Labute approximate surface area is 95.2 Å². The summed E-state index contributed by atoms with van der Waals surface area (Å²) in [6.07, 6.45) is -0.403. The van der Waals surface area contributed by atoms with E-state index in [1.807, 2.05) is 37.3 Å². The summed E-state index contributed by atoms with van der Waals surface area (Å²) in [6, 6.07) is 9.56. The summed E-state index contributed by atoms with van der Waals surface area (Å²) in [5.74, 6) is 0. The monoisotopic (exact) mass is 225 g/mol. The molecule has 0 saturated heterocycles. The molecule has 0 fully saturated rings. The number of carbonyl (C=O) groups is 1. The van der Waals surface area contributed by atoms with Gasteiger partial charge in [0.1, 0.15) is 6.61 Å². The van der Waals surface area contributed by atoms with Gasteiger partial charge in [-0.15, -0.1) is 0 Å². The largest absolute Gasteiger partial charge is 0.445 e. The van der Waals surface area contributed by atoms with Crippen LogP contribution in [0.1, 0.15) is 12.5 Å². The maximum atomic E-state index is 11.2. The van der Waals surface area contributed by atoms with Crippen molar-refractivity contribution < 1.29 is 9.53 Å². The molecule has 0 aliphatic carbocycles. The SMILES string of the molecule is C[C@H](S)CNC(=O)OCc1ccccc1. The molecule has 1 amide bonds. The second-order valence-electron chi connectivity index (χ2n) is 3.29. The topological polar surface area (TPSA) is 38.3 Å². The number of rotatable bonds is 4. The van der Waals surface area contributed by atoms with Crippen LogP contribution in [0.15, 0.2) is 30.3 Å². The minimum absolute atomic E-state index is 0.134. The van der Waals surface area contributed by atoms with E-state index in [2.05, 4.69) is 17.9 Å². The van der Waals surface area contributed by atoms with E-state index in [4.69, 9.17) is 4.74 Å². The third-order valence-electron chi connectivity index (χ3n) is 1.75. The van der Waals surface area contributed by atoms with Crippen LogP contribution in [-0.4, -0.2) is 17.9 Å². The molecule has 1 N–H and O–H groups in total. The van der Waals surface area contributed by atoms with Crippen molar-refractivity contribution in [1.29, 1.82) is 0 Å². The van der Waals surface area contributed by atoms with Crippen molar-refractivity contribution in [3.63, 3.8) is 0 Å². The number of hydrogen-bond acceptors (Lipinski definition) is 3. The van der Waals surface area contributed by atoms with Gasteiger partial charge in [-0.1, -0.05) is 37.3 Å². The first-order chi connectivity index (χ1) is 7.18. The Balaban J connectivity index is 2.23. The van der Waals surface area contributed by atoms with Crippen LogP contribution < -0.4 is 5.32 Å². The molecule has 82 valence electrons. The van der Waals surface area contributed by atoms with Gasteiger partial charge in [-0.25, -0.2) is 4.79 Å². The van der Waals surface area contributed by atoms with Crippen molar-refractivity contribution in [3.8, 4) is 0 Å². The Bertz CT molecular complexity index is 301. The summed E-state index contributed by atoms with van der Waals surface area (Å²) in [5, 5.41) is 2.75. The smallest absolute Gasteiger partial charge is 0.407 e. The highest BCUT2D eigenvalue weighted by Crippen LogP contribution is 2.00. The summed E-state index contributed by atoms with van der Waals surface area (Å²) < 4.78 is 4.99. The maximum absolute atomic E-state index is 11.2. The first kappa shape index (κ1) is 11.9. The summed E-state index contributed by atoms with van der Waals surface area (Å²) in [5.41, 5.74) is 0.978. The van der Waals surface area contributed by atoms with E-state index in [0.717, 1.165) is 5.56 Å². The molecule has 0 unspecified atom stereocenters. The van der Waals surface area contributed by atoms with Crippen molar-refractivity contribution in [3.05, 3.63) is 35.9 Å². The molecule has 0 radical (unpaired) electrons. The zero-order valence-corrected chi connectivity index (χ0v) is 9.54. The molecule has 0 aliphatic rings. The molecule has 3 nitrogen and oxygen atoms in total. The number of nitrogens with one attached hydrogen (secondary N) is 1. The lowest BCUT2D eigenvalue weighted by atomic mass is 10.2. The Morgan fingerprint density at radius 3 is 2.73 bits per heavy atom. The number of benzene rings is 1. The highest BCUT2D eigenvalue weighted by Gasteiger charge is 2.02. The van der Waals surface area contributed by atoms with Gasteiger partial charge in [-0.05, 0) is 5.56 Å². The van der Waals surface area contributed by atoms with Gasteiger partial charge in [-0.2, -0.15) is 12.6 Å². The van der Waals surface area contributed by atoms with Crippen molar-refractivity contribution in [1.82, 2.24) is 5.32 Å². The first-order valence-corrected chi connectivity index (χ1v) is 5.32. The molecule has 0 bridgehead atoms. The molecule has 0 spiro atoms. The lowest BCUT2D eigenvalue weighted by Gasteiger charge is -2.08. The van der Waals surface area contributed by atoms with Gasteiger partial charge in [0, 0.05) is 11.8 Å². The number of amides is 1. The summed E-state index contributed by atoms with van der Waals surface area (Å²) >= 11 is 4.14. The van der Waals surface area contributed by atoms with Crippen molar-refractivity contribution in [2.75, 3.05) is 6.54 Å². The number of thiol groups is 1. The predicted octanol–water partition coefficient (Wildman–Crippen LogP) is 2.23. The van der Waals surface area contributed by atoms with E-state index in [1.54, 1.807) is 0 Å². The zero-order valence-electron chi connectivity index (χ0n) is 8.64. The van der Waals surface area contributed by atoms with Crippen LogP contribution in [0.5, 0.6) is 0 Å². The lowest BCUT2D eigenvalue weighted by molar-refractivity contribution is 0.140. The Kier molecular flexibility index (Phi) is 5.04. The van der Waals surface area contributed by atoms with Gasteiger partial charge in [0.2, 0.25) is 0 Å². The normalized spacial score (nSPS) is 11.9. The molecule has 0 saturated carbocycles. The van der Waals surface area contributed by atoms with Crippen LogP contribution in [0.3, 0.4) is 0 Å². The van der Waals surface area contributed by atoms with Gasteiger partial charge in [0.25, 0.3) is 0 Å². The summed E-state index contributed by atoms with van der Waals surface area (Å²) in [7, 11) is 0. The van der Waals surface area contributed by atoms with E-state index in [9.17, 15) is 4.79 Å². The van der Waals surface area contributed by atoms with Gasteiger partial charge in [-0.3, -0.25) is 0 Å². The van der Waals surface area contributed by atoms with Crippen LogP contribution in [0.2, 0.25) is 0 Å². The molecule has 0 heterocycles. The second-order valence-corrected chi connectivity index (χ2v) is 4.17. The standard InChI is InChI=1S/C11H15NO2S/c1-9(15)7-12-11(13)14-8-10-5-3-2-4-6-10/h2-6,9,15H,7-8H2,1H3,(H,12,13)/t9-/m0/s1. The van der Waals surface area contributed by atoms with Gasteiger partial charge < -0.3 is 10.1 Å². The third kappa shape index (κ3) is 5.32. The zero-order chi connectivity index (χ0) is 11.1. The average Bonchev–Trinajstić information content (AvgIpc) is 2.25. The molecule has 1 aromatic rings. The molecular weight excluding hydrogens is 210 g/mol. The van der Waals surface area contributed by atoms with E-state index >= 15 is 0 Å². The molecule has 1 aromatic carbocycles. The Morgan fingerprint density at radius 1 is 1.47 bits per heavy atom. The number of hydrogen-bond donors (Lipinski definition) is 2. The van der Waals surface area contributed by atoms with E-state index < -0.39 is 6.09 Å². The second kappa shape index (κ2) is 6.35. The highest BCUT2D eigenvalue weighted by atomic mass is 32.1. The van der Waals surface area contributed by atoms with Crippen molar-refractivity contribution >= 4 is 18.7 Å². The molecular formula is C11H15NO2S. The molecule has 4 heteroatoms. The van der Waals surface area contributed by atoms with Gasteiger partial charge >= 0.3 is 6.09 Å². The molecule has 1 atom stereocenters. The average molecular weight is 225 g/mol. The highest BCUT2D eigenvalue weighted by molar-refractivity contribution is 7.80. The quantitative estimate of drug-likeness (QED) is 0.771. The maximum Gasteiger partial charge on any atom is 0.407 e. The summed E-state index contributed by atoms with van der Waals surface area (Å²) in [4.78, 5) is 11.2. The van der Waals surface area contributed by atoms with Crippen LogP contribution in [0, 0.1) is 0 Å². The summed E-state index contributed by atoms with van der Waals surface area (Å²) in [6.45, 7) is 2.71. The fraction of sp³-hybridized carbons (Fsp3) is 0.364. The van der Waals surface area contributed by atoms with Crippen LogP contribution in [-0.2, 0) is 11.3 Å². The number of alkyl carbamates (subject to hydrolysis) is 1. The van der Waals surface area contributed by atoms with E-state index in [1.165, 1.54) is 0 Å². The van der Waals surface area contributed by atoms with Crippen LogP contribution >= 0.6 is 12.6 Å². The molecule has 0 aliphatic heterocycles. The molecule has 0 aromatic heterocycles. The van der Waals surface area contributed by atoms with Crippen LogP contribution in [0.25, 0.3) is 0 Å². The molecule has 1 rings (SSSR count). The Hall–Kier alpha value is -1.16. The van der Waals surface area contributed by atoms with Crippen molar-refractivity contribution in [2.45, 2.75) is 18.8 Å². The minimum Gasteiger partial charge on any atom is -0.445 e. The van der Waals surface area contributed by atoms with Crippen molar-refractivity contribution in [2.24, 2.45) is 0 Å². The molecule has 15 heavy (non-hydrogen) atoms. The lowest BCUT2D eigenvalue weighted by Crippen LogP contribution is -2.29. The number of ether oxygens (including phenoxy) is 1. The predicted molar refractivity (Wildman–Crippen MR) is 63.1 cm³/mol. The van der Waals surface area contributed by atoms with E-state index in [0.29, 0.717) is 13.2 Å². The third-order valence-corrected chi connectivity index (χ3v) is 1.94. The van der Waals surface area contributed by atoms with E-state index in [-0.39, 0.29) is 5.25 Å². The fourth-order valence-electron chi connectivity index (χ4n) is 1.01. The van der Waals surface area contributed by atoms with Crippen LogP contribution in [0.4, 0.5) is 4.79 Å². The minimum atomic E-state index is -0.403.